The number of nitrogens with one attached hydrogen (secondary N) is 1. The van der Waals surface area contributed by atoms with Gasteiger partial charge in [-0.15, -0.1) is 0 Å². The third kappa shape index (κ3) is 5.40. The summed E-state index contributed by atoms with van der Waals surface area (Å²) in [7, 11) is 0. The molecule has 0 spiro atoms. The summed E-state index contributed by atoms with van der Waals surface area (Å²) in [6.07, 6.45) is 4.17. The van der Waals surface area contributed by atoms with Crippen molar-refractivity contribution in [2.45, 2.75) is 25.3 Å². The van der Waals surface area contributed by atoms with Gasteiger partial charge in [0.15, 0.2) is 0 Å². The molecule has 0 saturated carbocycles. The highest BCUT2D eigenvalue weighted by molar-refractivity contribution is 7.98. The second-order valence-electron chi connectivity index (χ2n) is 2.49. The fourth-order valence-corrected chi connectivity index (χ4v) is 1.32. The smallest absolute Gasteiger partial charge is 0.0714 e. The molecule has 0 aromatic rings. The van der Waals surface area contributed by atoms with Gasteiger partial charge in [-0.05, 0) is 24.9 Å². The molecule has 72 valence electrons. The maximum absolute atomic E-state index is 10.3. The molecule has 5 heteroatoms. The summed E-state index contributed by atoms with van der Waals surface area (Å²) in [5.74, 6) is -0.229. The second kappa shape index (κ2) is 7.39. The second-order valence-corrected chi connectivity index (χ2v) is 3.47. The highest BCUT2D eigenvalue weighted by Crippen LogP contribution is 2.04. The molecule has 0 fully saturated rings. The summed E-state index contributed by atoms with van der Waals surface area (Å²) >= 11 is 1.72. The Morgan fingerprint density at radius 3 is 2.75 bits per heavy atom. The molecule has 0 aliphatic heterocycles. The first kappa shape index (κ1) is 11.7. The summed E-state index contributed by atoms with van der Waals surface area (Å²) in [6, 6.07) is -0.924. The SMILES string of the molecule is CSCCCCC(NO)C(=O)[O-]. The molecule has 4 nitrogen and oxygen atoms in total. The van der Waals surface area contributed by atoms with Crippen molar-refractivity contribution in [1.82, 2.24) is 5.48 Å². The first-order valence-corrected chi connectivity index (χ1v) is 5.21. The molecule has 0 aliphatic rings. The van der Waals surface area contributed by atoms with E-state index in [0.717, 1.165) is 18.6 Å². The number of hydroxylamine groups is 1. The van der Waals surface area contributed by atoms with Crippen molar-refractivity contribution in [2.24, 2.45) is 0 Å². The standard InChI is InChI=1S/C7H15NO3S/c1-12-5-3-2-4-6(8-11)7(9)10/h6,8,11H,2-5H2,1H3,(H,9,10)/p-1. The van der Waals surface area contributed by atoms with Gasteiger partial charge in [-0.2, -0.15) is 17.2 Å². The van der Waals surface area contributed by atoms with E-state index in [2.05, 4.69) is 0 Å². The molecule has 1 atom stereocenters. The highest BCUT2D eigenvalue weighted by atomic mass is 32.2. The lowest BCUT2D eigenvalue weighted by Gasteiger charge is -2.14. The molecule has 0 aliphatic carbocycles. The van der Waals surface area contributed by atoms with Crippen LogP contribution in [-0.4, -0.2) is 29.2 Å². The van der Waals surface area contributed by atoms with Crippen LogP contribution in [0.4, 0.5) is 0 Å². The molecular weight excluding hydrogens is 178 g/mol. The van der Waals surface area contributed by atoms with Crippen LogP contribution in [-0.2, 0) is 4.79 Å². The van der Waals surface area contributed by atoms with Gasteiger partial charge in [-0.3, -0.25) is 0 Å². The van der Waals surface area contributed by atoms with Crippen molar-refractivity contribution >= 4 is 17.7 Å². The van der Waals surface area contributed by atoms with Gasteiger partial charge < -0.3 is 15.1 Å². The van der Waals surface area contributed by atoms with Crippen molar-refractivity contribution in [3.05, 3.63) is 0 Å². The summed E-state index contributed by atoms with van der Waals surface area (Å²) in [4.78, 5) is 10.3. The number of hydrogen-bond donors (Lipinski definition) is 2. The van der Waals surface area contributed by atoms with Gasteiger partial charge in [-0.25, -0.2) is 0 Å². The van der Waals surface area contributed by atoms with Gasteiger partial charge in [0.1, 0.15) is 0 Å². The largest absolute Gasteiger partial charge is 0.548 e. The topological polar surface area (TPSA) is 72.4 Å². The van der Waals surface area contributed by atoms with Crippen LogP contribution >= 0.6 is 11.8 Å². The number of thioether (sulfide) groups is 1. The van der Waals surface area contributed by atoms with Gasteiger partial charge in [0.25, 0.3) is 0 Å². The lowest BCUT2D eigenvalue weighted by molar-refractivity contribution is -0.310. The van der Waals surface area contributed by atoms with E-state index < -0.39 is 12.0 Å². The van der Waals surface area contributed by atoms with E-state index >= 15 is 0 Å². The Hall–Kier alpha value is -0.260. The average Bonchev–Trinajstić information content (AvgIpc) is 2.04. The third-order valence-electron chi connectivity index (χ3n) is 1.53. The molecule has 12 heavy (non-hydrogen) atoms. The van der Waals surface area contributed by atoms with E-state index in [4.69, 9.17) is 5.21 Å². The van der Waals surface area contributed by atoms with Gasteiger partial charge >= 0.3 is 0 Å². The van der Waals surface area contributed by atoms with Gasteiger partial charge in [0, 0.05) is 0 Å². The van der Waals surface area contributed by atoms with E-state index in [1.54, 1.807) is 17.2 Å². The molecule has 0 aromatic carbocycles. The lowest BCUT2D eigenvalue weighted by atomic mass is 10.1. The highest BCUT2D eigenvalue weighted by Gasteiger charge is 2.06. The van der Waals surface area contributed by atoms with E-state index in [1.807, 2.05) is 6.26 Å². The van der Waals surface area contributed by atoms with E-state index in [1.165, 1.54) is 0 Å². The molecule has 0 amide bonds. The molecule has 0 radical (unpaired) electrons. The number of rotatable bonds is 7. The predicted molar refractivity (Wildman–Crippen MR) is 46.0 cm³/mol. The van der Waals surface area contributed by atoms with Crippen molar-refractivity contribution in [3.63, 3.8) is 0 Å². The molecule has 2 N–H and O–H groups in total. The number of carbonyl (C=O) groups excluding carboxylic acids is 1. The monoisotopic (exact) mass is 192 g/mol. The van der Waals surface area contributed by atoms with Crippen LogP contribution in [0.15, 0.2) is 0 Å². The maximum atomic E-state index is 10.3. The number of carboxylic acid groups (broad SMARTS) is 1. The minimum Gasteiger partial charge on any atom is -0.548 e. The normalized spacial score (nSPS) is 12.8. The third-order valence-corrected chi connectivity index (χ3v) is 2.23. The Morgan fingerprint density at radius 1 is 1.67 bits per heavy atom. The summed E-state index contributed by atoms with van der Waals surface area (Å²) < 4.78 is 0. The van der Waals surface area contributed by atoms with Crippen LogP contribution in [0.5, 0.6) is 0 Å². The van der Waals surface area contributed by atoms with Crippen molar-refractivity contribution in [2.75, 3.05) is 12.0 Å². The van der Waals surface area contributed by atoms with E-state index in [-0.39, 0.29) is 0 Å². The Kier molecular flexibility index (Phi) is 7.23. The fourth-order valence-electron chi connectivity index (χ4n) is 0.830. The zero-order valence-corrected chi connectivity index (χ0v) is 7.89. The van der Waals surface area contributed by atoms with Crippen LogP contribution in [0.25, 0.3) is 0 Å². The number of unbranched alkanes of at least 4 members (excludes halogenated alkanes) is 1. The van der Waals surface area contributed by atoms with Crippen LogP contribution in [0.2, 0.25) is 0 Å². The molecular formula is C7H14NO3S-. The molecule has 0 aromatic heterocycles. The number of hydrogen-bond acceptors (Lipinski definition) is 5. The average molecular weight is 192 g/mol. The Balaban J connectivity index is 3.38. The molecule has 1 unspecified atom stereocenters. The number of carboxylic acids is 1. The summed E-state index contributed by atoms with van der Waals surface area (Å²) in [5.41, 5.74) is 1.71. The van der Waals surface area contributed by atoms with Crippen LogP contribution in [0.1, 0.15) is 19.3 Å². The Morgan fingerprint density at radius 2 is 2.33 bits per heavy atom. The molecule has 0 bridgehead atoms. The Bertz CT molecular complexity index is 132. The fraction of sp³-hybridized carbons (Fsp3) is 0.857. The van der Waals surface area contributed by atoms with E-state index in [0.29, 0.717) is 6.42 Å². The Labute approximate surface area is 76.3 Å². The molecule has 0 rings (SSSR count). The summed E-state index contributed by atoms with van der Waals surface area (Å²) in [6.45, 7) is 0. The van der Waals surface area contributed by atoms with Crippen molar-refractivity contribution in [1.29, 1.82) is 0 Å². The predicted octanol–water partition coefficient (Wildman–Crippen LogP) is -0.383. The zero-order chi connectivity index (χ0) is 9.40. The first-order valence-electron chi connectivity index (χ1n) is 3.81. The first-order chi connectivity index (χ1) is 5.72. The van der Waals surface area contributed by atoms with Crippen LogP contribution in [0.3, 0.4) is 0 Å². The molecule has 0 heterocycles. The zero-order valence-electron chi connectivity index (χ0n) is 7.08. The minimum absolute atomic E-state index is 0.416. The van der Waals surface area contributed by atoms with E-state index in [9.17, 15) is 9.90 Å². The molecule has 0 saturated heterocycles. The number of aliphatic carboxylic acids is 1. The minimum atomic E-state index is -1.25. The number of carbonyl (C=O) groups is 1. The maximum Gasteiger partial charge on any atom is 0.0714 e. The lowest BCUT2D eigenvalue weighted by Crippen LogP contribution is -2.44. The van der Waals surface area contributed by atoms with Crippen molar-refractivity contribution in [3.8, 4) is 0 Å². The van der Waals surface area contributed by atoms with Gasteiger partial charge in [-0.1, -0.05) is 6.42 Å². The van der Waals surface area contributed by atoms with Gasteiger partial charge in [0.05, 0.1) is 12.0 Å². The van der Waals surface area contributed by atoms with Crippen molar-refractivity contribution < 1.29 is 15.1 Å². The quantitative estimate of drug-likeness (QED) is 0.425. The van der Waals surface area contributed by atoms with Crippen LogP contribution < -0.4 is 10.6 Å². The van der Waals surface area contributed by atoms with Crippen LogP contribution in [0, 0.1) is 0 Å². The van der Waals surface area contributed by atoms with Gasteiger partial charge in [0.2, 0.25) is 0 Å². The summed E-state index contributed by atoms with van der Waals surface area (Å²) in [5, 5.41) is 18.6.